The topological polar surface area (TPSA) is 87.2 Å². The van der Waals surface area contributed by atoms with E-state index in [4.69, 9.17) is 4.74 Å². The zero-order valence-electron chi connectivity index (χ0n) is 16.5. The first-order valence-corrected chi connectivity index (χ1v) is 8.84. The van der Waals surface area contributed by atoms with Gasteiger partial charge < -0.3 is 15.4 Å². The Balaban J connectivity index is 0.00000300. The van der Waals surface area contributed by atoms with E-state index in [1.54, 1.807) is 27.1 Å². The van der Waals surface area contributed by atoms with Crippen LogP contribution < -0.4 is 15.4 Å². The highest BCUT2D eigenvalue weighted by Gasteiger charge is 2.07. The largest absolute Gasteiger partial charge is 0.497 e. The molecule has 0 fully saturated rings. The number of benzene rings is 2. The number of aromatic amines is 1. The molecule has 29 heavy (non-hydrogen) atoms. The molecule has 3 rings (SSSR count). The van der Waals surface area contributed by atoms with E-state index < -0.39 is 0 Å². The zero-order chi connectivity index (χ0) is 19.9. The number of hydrogen-bond acceptors (Lipinski definition) is 4. The molecule has 0 saturated carbocycles. The second-order valence-corrected chi connectivity index (χ2v) is 6.20. The summed E-state index contributed by atoms with van der Waals surface area (Å²) in [4.78, 5) is 8.67. The molecule has 0 amide bonds. The minimum Gasteiger partial charge on any atom is -0.497 e. The molecular weight excluding hydrogens is 486 g/mol. The minimum absolute atomic E-state index is 0. The molecule has 0 aliphatic rings. The van der Waals surface area contributed by atoms with Gasteiger partial charge in [0.05, 0.1) is 13.7 Å². The van der Waals surface area contributed by atoms with E-state index in [1.807, 2.05) is 30.3 Å². The Morgan fingerprint density at radius 3 is 2.52 bits per heavy atom. The number of rotatable bonds is 6. The van der Waals surface area contributed by atoms with Crippen molar-refractivity contribution < 1.29 is 9.13 Å². The molecule has 9 heteroatoms. The van der Waals surface area contributed by atoms with Crippen LogP contribution in [0, 0.1) is 12.7 Å². The third-order valence-electron chi connectivity index (χ3n) is 4.21. The number of aromatic nitrogens is 3. The quantitative estimate of drug-likeness (QED) is 0.269. The average molecular weight is 510 g/mol. The third kappa shape index (κ3) is 6.14. The van der Waals surface area contributed by atoms with E-state index in [1.165, 1.54) is 6.07 Å². The van der Waals surface area contributed by atoms with Gasteiger partial charge in [0.1, 0.15) is 17.4 Å². The number of aryl methyl sites for hydroxylation is 1. The second-order valence-electron chi connectivity index (χ2n) is 6.20. The lowest BCUT2D eigenvalue weighted by Gasteiger charge is -2.11. The molecular formula is C20H24FIN6O. The molecule has 0 aliphatic carbocycles. The van der Waals surface area contributed by atoms with E-state index in [-0.39, 0.29) is 29.8 Å². The molecule has 3 aromatic rings. The summed E-state index contributed by atoms with van der Waals surface area (Å²) >= 11 is 0. The number of hydrogen-bond donors (Lipinski definition) is 3. The molecule has 0 bridgehead atoms. The highest BCUT2D eigenvalue weighted by Crippen LogP contribution is 2.18. The first kappa shape index (κ1) is 22.6. The van der Waals surface area contributed by atoms with Crippen molar-refractivity contribution in [3.63, 3.8) is 0 Å². The van der Waals surface area contributed by atoms with Crippen LogP contribution in [0.25, 0.3) is 11.4 Å². The molecule has 0 saturated heterocycles. The molecule has 3 N–H and O–H groups in total. The number of nitrogens with zero attached hydrogens (tertiary/aromatic N) is 3. The summed E-state index contributed by atoms with van der Waals surface area (Å²) in [5.74, 6) is 2.50. The molecule has 0 aliphatic heterocycles. The summed E-state index contributed by atoms with van der Waals surface area (Å²) in [5, 5.41) is 13.5. The Morgan fingerprint density at radius 2 is 1.86 bits per heavy atom. The molecule has 0 atom stereocenters. The van der Waals surface area contributed by atoms with E-state index in [0.29, 0.717) is 36.3 Å². The van der Waals surface area contributed by atoms with Crippen LogP contribution in [0.3, 0.4) is 0 Å². The van der Waals surface area contributed by atoms with Crippen molar-refractivity contribution in [2.45, 2.75) is 20.0 Å². The van der Waals surface area contributed by atoms with E-state index in [0.717, 1.165) is 16.9 Å². The number of halogens is 2. The fourth-order valence-corrected chi connectivity index (χ4v) is 2.63. The van der Waals surface area contributed by atoms with Gasteiger partial charge in [-0.15, -0.1) is 24.0 Å². The van der Waals surface area contributed by atoms with Gasteiger partial charge in [0.25, 0.3) is 0 Å². The monoisotopic (exact) mass is 510 g/mol. The molecule has 154 valence electrons. The number of nitrogens with one attached hydrogen (secondary N) is 3. The maximum Gasteiger partial charge on any atom is 0.191 e. The van der Waals surface area contributed by atoms with Crippen LogP contribution in [0.2, 0.25) is 0 Å². The van der Waals surface area contributed by atoms with Gasteiger partial charge in [0.15, 0.2) is 11.8 Å². The third-order valence-corrected chi connectivity index (χ3v) is 4.21. The summed E-state index contributed by atoms with van der Waals surface area (Å²) in [6.45, 7) is 2.72. The Labute approximate surface area is 186 Å². The standard InChI is InChI=1S/C20H23FN6O.HI/c1-13-10-14(4-9-17(13)21)11-23-20(22-2)24-12-18-25-19(27-26-18)15-5-7-16(28-3)8-6-15;/h4-10H,11-12H2,1-3H3,(H2,22,23,24)(H,25,26,27);1H. The molecule has 1 aromatic heterocycles. The van der Waals surface area contributed by atoms with Gasteiger partial charge in [-0.25, -0.2) is 9.37 Å². The molecule has 0 spiro atoms. The predicted octanol–water partition coefficient (Wildman–Crippen LogP) is 3.41. The number of guanidine groups is 1. The summed E-state index contributed by atoms with van der Waals surface area (Å²) in [7, 11) is 3.32. The van der Waals surface area contributed by atoms with Gasteiger partial charge >= 0.3 is 0 Å². The lowest BCUT2D eigenvalue weighted by molar-refractivity contribution is 0.415. The summed E-state index contributed by atoms with van der Waals surface area (Å²) in [6.07, 6.45) is 0. The fourth-order valence-electron chi connectivity index (χ4n) is 2.63. The Kier molecular flexibility index (Phi) is 8.37. The Morgan fingerprint density at radius 1 is 1.14 bits per heavy atom. The maximum absolute atomic E-state index is 13.4. The van der Waals surface area contributed by atoms with Crippen molar-refractivity contribution in [2.24, 2.45) is 4.99 Å². The molecule has 2 aromatic carbocycles. The number of methoxy groups -OCH3 is 1. The van der Waals surface area contributed by atoms with Crippen LogP contribution in [-0.2, 0) is 13.1 Å². The van der Waals surface area contributed by atoms with Crippen LogP contribution in [-0.4, -0.2) is 35.3 Å². The van der Waals surface area contributed by atoms with Crippen molar-refractivity contribution in [1.82, 2.24) is 25.8 Å². The van der Waals surface area contributed by atoms with Gasteiger partial charge in [0.2, 0.25) is 0 Å². The van der Waals surface area contributed by atoms with Crippen LogP contribution in [0.1, 0.15) is 17.0 Å². The van der Waals surface area contributed by atoms with Crippen LogP contribution in [0.5, 0.6) is 5.75 Å². The van der Waals surface area contributed by atoms with Crippen molar-refractivity contribution in [1.29, 1.82) is 0 Å². The lowest BCUT2D eigenvalue weighted by atomic mass is 10.1. The molecule has 7 nitrogen and oxygen atoms in total. The van der Waals surface area contributed by atoms with Gasteiger partial charge in [-0.3, -0.25) is 10.1 Å². The van der Waals surface area contributed by atoms with Crippen molar-refractivity contribution in [3.05, 3.63) is 65.2 Å². The second kappa shape index (κ2) is 10.7. The summed E-state index contributed by atoms with van der Waals surface area (Å²) < 4.78 is 18.5. The number of aliphatic imine (C=N–C) groups is 1. The highest BCUT2D eigenvalue weighted by molar-refractivity contribution is 14.0. The SMILES string of the molecule is CN=C(NCc1ccc(F)c(C)c1)NCc1nc(-c2ccc(OC)cc2)n[nH]1.I. The van der Waals surface area contributed by atoms with Crippen molar-refractivity contribution in [3.8, 4) is 17.1 Å². The van der Waals surface area contributed by atoms with Gasteiger partial charge in [-0.1, -0.05) is 12.1 Å². The summed E-state index contributed by atoms with van der Waals surface area (Å²) in [5.41, 5.74) is 2.50. The molecule has 1 heterocycles. The highest BCUT2D eigenvalue weighted by atomic mass is 127. The summed E-state index contributed by atoms with van der Waals surface area (Å²) in [6, 6.07) is 12.6. The Hall–Kier alpha value is -2.69. The number of ether oxygens (including phenoxy) is 1. The Bertz CT molecular complexity index is 958. The normalized spacial score (nSPS) is 11.0. The van der Waals surface area contributed by atoms with Crippen LogP contribution >= 0.6 is 24.0 Å². The zero-order valence-corrected chi connectivity index (χ0v) is 18.8. The average Bonchev–Trinajstić information content (AvgIpc) is 3.20. The van der Waals surface area contributed by atoms with Crippen molar-refractivity contribution >= 4 is 29.9 Å². The van der Waals surface area contributed by atoms with Gasteiger partial charge in [-0.2, -0.15) is 5.10 Å². The van der Waals surface area contributed by atoms with Gasteiger partial charge in [-0.05, 0) is 48.4 Å². The first-order chi connectivity index (χ1) is 13.6. The lowest BCUT2D eigenvalue weighted by Crippen LogP contribution is -2.36. The van der Waals surface area contributed by atoms with Crippen LogP contribution in [0.4, 0.5) is 4.39 Å². The van der Waals surface area contributed by atoms with E-state index in [2.05, 4.69) is 30.8 Å². The van der Waals surface area contributed by atoms with E-state index >= 15 is 0 Å². The molecule has 0 radical (unpaired) electrons. The smallest absolute Gasteiger partial charge is 0.191 e. The fraction of sp³-hybridized carbons (Fsp3) is 0.250. The van der Waals surface area contributed by atoms with E-state index in [9.17, 15) is 4.39 Å². The first-order valence-electron chi connectivity index (χ1n) is 8.84. The maximum atomic E-state index is 13.4. The molecule has 0 unspecified atom stereocenters. The van der Waals surface area contributed by atoms with Crippen LogP contribution in [0.15, 0.2) is 47.5 Å². The minimum atomic E-state index is -0.204. The van der Waals surface area contributed by atoms with Gasteiger partial charge in [0, 0.05) is 19.2 Å². The predicted molar refractivity (Wildman–Crippen MR) is 122 cm³/mol. The van der Waals surface area contributed by atoms with Crippen molar-refractivity contribution in [2.75, 3.05) is 14.2 Å². The number of H-pyrrole nitrogens is 1.